The molecule has 0 fully saturated rings. The maximum atomic E-state index is 11.1. The third-order valence-corrected chi connectivity index (χ3v) is 2.89. The van der Waals surface area contributed by atoms with Crippen LogP contribution in [-0.2, 0) is 0 Å². The van der Waals surface area contributed by atoms with Crippen molar-refractivity contribution in [2.45, 2.75) is 6.92 Å². The second-order valence-corrected chi connectivity index (χ2v) is 4.27. The third-order valence-electron chi connectivity index (χ3n) is 2.21. The van der Waals surface area contributed by atoms with Crippen LogP contribution in [0.1, 0.15) is 15.9 Å². The minimum atomic E-state index is -0.915. The number of carbonyl (C=O) groups is 1. The fourth-order valence-electron chi connectivity index (χ4n) is 1.44. The maximum absolute atomic E-state index is 11.1. The Morgan fingerprint density at radius 1 is 1.38 bits per heavy atom. The van der Waals surface area contributed by atoms with Gasteiger partial charge in [0.25, 0.3) is 0 Å². The predicted molar refractivity (Wildman–Crippen MR) is 65.7 cm³/mol. The van der Waals surface area contributed by atoms with Gasteiger partial charge >= 0.3 is 5.97 Å². The van der Waals surface area contributed by atoms with E-state index in [4.69, 9.17) is 5.11 Å². The number of thiophene rings is 1. The number of hydrogen-bond acceptors (Lipinski definition) is 3. The molecule has 2 N–H and O–H groups in total. The highest BCUT2D eigenvalue weighted by Crippen LogP contribution is 2.23. The lowest BCUT2D eigenvalue weighted by Gasteiger charge is -2.08. The number of anilines is 2. The van der Waals surface area contributed by atoms with Gasteiger partial charge < -0.3 is 10.4 Å². The van der Waals surface area contributed by atoms with Crippen LogP contribution in [0.25, 0.3) is 0 Å². The summed E-state index contributed by atoms with van der Waals surface area (Å²) < 4.78 is 0. The molecular formula is C12H11NO2S. The van der Waals surface area contributed by atoms with Crippen LogP contribution in [0.4, 0.5) is 11.4 Å². The van der Waals surface area contributed by atoms with Gasteiger partial charge in [-0.05, 0) is 30.5 Å². The van der Waals surface area contributed by atoms with Crippen molar-refractivity contribution in [3.05, 3.63) is 46.2 Å². The standard InChI is InChI=1S/C12H11NO2S/c1-8-2-3-11(10(6-8)12(14)15)13-9-4-5-16-7-9/h2-7,13H,1H3,(H,14,15). The SMILES string of the molecule is Cc1ccc(Nc2ccsc2)c(C(=O)O)c1. The highest BCUT2D eigenvalue weighted by molar-refractivity contribution is 7.08. The Bertz CT molecular complexity index is 506. The molecule has 16 heavy (non-hydrogen) atoms. The number of rotatable bonds is 3. The Balaban J connectivity index is 2.36. The molecule has 0 aliphatic carbocycles. The molecule has 0 saturated heterocycles. The van der Waals surface area contributed by atoms with Gasteiger partial charge in [0.1, 0.15) is 0 Å². The largest absolute Gasteiger partial charge is 0.478 e. The topological polar surface area (TPSA) is 49.3 Å². The summed E-state index contributed by atoms with van der Waals surface area (Å²) in [6, 6.07) is 7.25. The quantitative estimate of drug-likeness (QED) is 0.853. The predicted octanol–water partition coefficient (Wildman–Crippen LogP) is 3.50. The molecule has 82 valence electrons. The molecule has 2 rings (SSSR count). The average molecular weight is 233 g/mol. The van der Waals surface area contributed by atoms with E-state index in [-0.39, 0.29) is 0 Å². The normalized spacial score (nSPS) is 10.1. The highest BCUT2D eigenvalue weighted by atomic mass is 32.1. The number of carboxylic acid groups (broad SMARTS) is 1. The van der Waals surface area contributed by atoms with E-state index in [1.165, 1.54) is 0 Å². The Labute approximate surface area is 97.4 Å². The molecule has 0 atom stereocenters. The van der Waals surface area contributed by atoms with Crippen LogP contribution in [0, 0.1) is 6.92 Å². The molecule has 0 spiro atoms. The van der Waals surface area contributed by atoms with Crippen molar-refractivity contribution in [2.24, 2.45) is 0 Å². The van der Waals surface area contributed by atoms with Gasteiger partial charge in [-0.15, -0.1) is 0 Å². The Morgan fingerprint density at radius 3 is 2.81 bits per heavy atom. The van der Waals surface area contributed by atoms with Crippen molar-refractivity contribution in [2.75, 3.05) is 5.32 Å². The summed E-state index contributed by atoms with van der Waals surface area (Å²) in [7, 11) is 0. The van der Waals surface area contributed by atoms with Gasteiger partial charge in [-0.25, -0.2) is 4.79 Å². The number of benzene rings is 1. The first-order valence-electron chi connectivity index (χ1n) is 4.80. The van der Waals surface area contributed by atoms with E-state index in [0.29, 0.717) is 11.3 Å². The Morgan fingerprint density at radius 2 is 2.19 bits per heavy atom. The summed E-state index contributed by atoms with van der Waals surface area (Å²) >= 11 is 1.57. The molecule has 4 heteroatoms. The molecular weight excluding hydrogens is 222 g/mol. The lowest BCUT2D eigenvalue weighted by atomic mass is 10.1. The summed E-state index contributed by atoms with van der Waals surface area (Å²) in [4.78, 5) is 11.1. The average Bonchev–Trinajstić information content (AvgIpc) is 2.73. The fourth-order valence-corrected chi connectivity index (χ4v) is 2.02. The minimum Gasteiger partial charge on any atom is -0.478 e. The molecule has 0 saturated carbocycles. The van der Waals surface area contributed by atoms with Gasteiger partial charge in [0, 0.05) is 11.1 Å². The van der Waals surface area contributed by atoms with E-state index in [9.17, 15) is 4.79 Å². The van der Waals surface area contributed by atoms with Crippen LogP contribution in [0.2, 0.25) is 0 Å². The molecule has 1 aromatic heterocycles. The molecule has 0 bridgehead atoms. The molecule has 0 amide bonds. The zero-order valence-electron chi connectivity index (χ0n) is 8.73. The zero-order chi connectivity index (χ0) is 11.5. The van der Waals surface area contributed by atoms with Crippen molar-refractivity contribution in [1.29, 1.82) is 0 Å². The molecule has 0 aliphatic heterocycles. The molecule has 2 aromatic rings. The molecule has 1 heterocycles. The van der Waals surface area contributed by atoms with E-state index in [2.05, 4.69) is 5.32 Å². The van der Waals surface area contributed by atoms with Crippen LogP contribution >= 0.6 is 11.3 Å². The summed E-state index contributed by atoms with van der Waals surface area (Å²) in [6.07, 6.45) is 0. The number of hydrogen-bond donors (Lipinski definition) is 2. The van der Waals surface area contributed by atoms with Crippen molar-refractivity contribution in [3.63, 3.8) is 0 Å². The monoisotopic (exact) mass is 233 g/mol. The molecule has 0 aliphatic rings. The molecule has 0 radical (unpaired) electrons. The van der Waals surface area contributed by atoms with Crippen LogP contribution < -0.4 is 5.32 Å². The maximum Gasteiger partial charge on any atom is 0.337 e. The van der Waals surface area contributed by atoms with Crippen molar-refractivity contribution < 1.29 is 9.90 Å². The smallest absolute Gasteiger partial charge is 0.337 e. The fraction of sp³-hybridized carbons (Fsp3) is 0.0833. The molecule has 1 aromatic carbocycles. The van der Waals surface area contributed by atoms with E-state index in [0.717, 1.165) is 11.3 Å². The Kier molecular flexibility index (Phi) is 2.92. The number of carboxylic acids is 1. The van der Waals surface area contributed by atoms with Gasteiger partial charge in [-0.3, -0.25) is 0 Å². The summed E-state index contributed by atoms with van der Waals surface area (Å²) in [5.74, 6) is -0.915. The second-order valence-electron chi connectivity index (χ2n) is 3.49. The summed E-state index contributed by atoms with van der Waals surface area (Å²) in [5, 5.41) is 16.0. The van der Waals surface area contributed by atoms with Crippen LogP contribution in [0.3, 0.4) is 0 Å². The minimum absolute atomic E-state index is 0.297. The van der Waals surface area contributed by atoms with Crippen molar-refractivity contribution in [3.8, 4) is 0 Å². The van der Waals surface area contributed by atoms with Crippen molar-refractivity contribution in [1.82, 2.24) is 0 Å². The second kappa shape index (κ2) is 4.37. The lowest BCUT2D eigenvalue weighted by Crippen LogP contribution is -2.02. The first kappa shape index (κ1) is 10.7. The van der Waals surface area contributed by atoms with Gasteiger partial charge in [0.05, 0.1) is 11.3 Å². The zero-order valence-corrected chi connectivity index (χ0v) is 9.54. The third kappa shape index (κ3) is 2.23. The van der Waals surface area contributed by atoms with Crippen molar-refractivity contribution >= 4 is 28.7 Å². The van der Waals surface area contributed by atoms with Gasteiger partial charge in [0.15, 0.2) is 0 Å². The Hall–Kier alpha value is -1.81. The van der Waals surface area contributed by atoms with E-state index in [1.807, 2.05) is 29.8 Å². The van der Waals surface area contributed by atoms with Crippen LogP contribution in [0.5, 0.6) is 0 Å². The van der Waals surface area contributed by atoms with Crippen LogP contribution in [0.15, 0.2) is 35.0 Å². The van der Waals surface area contributed by atoms with Gasteiger partial charge in [0.2, 0.25) is 0 Å². The summed E-state index contributed by atoms with van der Waals surface area (Å²) in [5.41, 5.74) is 2.77. The van der Waals surface area contributed by atoms with Gasteiger partial charge in [-0.2, -0.15) is 11.3 Å². The molecule has 3 nitrogen and oxygen atoms in total. The van der Waals surface area contributed by atoms with E-state index in [1.54, 1.807) is 23.5 Å². The number of aryl methyl sites for hydroxylation is 1. The van der Waals surface area contributed by atoms with Crippen LogP contribution in [-0.4, -0.2) is 11.1 Å². The van der Waals surface area contributed by atoms with E-state index < -0.39 is 5.97 Å². The van der Waals surface area contributed by atoms with Gasteiger partial charge in [-0.1, -0.05) is 11.6 Å². The first-order valence-corrected chi connectivity index (χ1v) is 5.74. The summed E-state index contributed by atoms with van der Waals surface area (Å²) in [6.45, 7) is 1.88. The first-order chi connectivity index (χ1) is 7.66. The highest BCUT2D eigenvalue weighted by Gasteiger charge is 2.10. The lowest BCUT2D eigenvalue weighted by molar-refractivity contribution is 0.0698. The number of nitrogens with one attached hydrogen (secondary N) is 1. The molecule has 0 unspecified atom stereocenters. The van der Waals surface area contributed by atoms with E-state index >= 15 is 0 Å². The number of aromatic carboxylic acids is 1.